The van der Waals surface area contributed by atoms with Crippen LogP contribution in [0.1, 0.15) is 5.56 Å². The number of alkyl halides is 3. The predicted molar refractivity (Wildman–Crippen MR) is 86.8 cm³/mol. The molecule has 0 spiro atoms. The van der Waals surface area contributed by atoms with Crippen LogP contribution in [0.4, 0.5) is 23.2 Å². The minimum absolute atomic E-state index is 0.00468. The molecule has 0 aliphatic rings. The monoisotopic (exact) mass is 413 g/mol. The van der Waals surface area contributed by atoms with Crippen molar-refractivity contribution in [3.63, 3.8) is 0 Å². The van der Waals surface area contributed by atoms with Gasteiger partial charge in [-0.25, -0.2) is 12.8 Å². The zero-order valence-corrected chi connectivity index (χ0v) is 14.9. The Labute approximate surface area is 151 Å². The lowest BCUT2D eigenvalue weighted by Crippen LogP contribution is -2.16. The zero-order chi connectivity index (χ0) is 19.7. The van der Waals surface area contributed by atoms with Gasteiger partial charge in [-0.3, -0.25) is 4.72 Å². The highest BCUT2D eigenvalue weighted by atomic mass is 35.5. The average molecular weight is 414 g/mol. The van der Waals surface area contributed by atoms with E-state index in [0.29, 0.717) is 12.1 Å². The number of rotatable bonds is 5. The number of methoxy groups -OCH3 is 2. The Hall–Kier alpha value is -2.20. The maximum absolute atomic E-state index is 14.1. The van der Waals surface area contributed by atoms with E-state index in [4.69, 9.17) is 21.1 Å². The molecule has 0 aliphatic carbocycles. The normalized spacial score (nSPS) is 12.0. The molecule has 0 heterocycles. The van der Waals surface area contributed by atoms with Gasteiger partial charge in [-0.1, -0.05) is 11.6 Å². The summed E-state index contributed by atoms with van der Waals surface area (Å²) in [7, 11) is -2.11. The first kappa shape index (κ1) is 20.1. The number of ether oxygens (including phenoxy) is 2. The van der Waals surface area contributed by atoms with E-state index in [2.05, 4.69) is 0 Å². The van der Waals surface area contributed by atoms with Crippen molar-refractivity contribution in [3.8, 4) is 11.5 Å². The summed E-state index contributed by atoms with van der Waals surface area (Å²) in [5.74, 6) is -0.999. The van der Waals surface area contributed by atoms with Crippen LogP contribution in [0, 0.1) is 5.82 Å². The molecule has 11 heteroatoms. The summed E-state index contributed by atoms with van der Waals surface area (Å²) < 4.78 is 89.0. The molecule has 0 aliphatic heterocycles. The highest BCUT2D eigenvalue weighted by Crippen LogP contribution is 2.36. The standard InChI is InChI=1S/C15H12ClF4NO4S/c1-24-12-6-10(17)11(7-13(12)25-2)21-26(22,23)14-5-8(15(18,19)20)3-4-9(14)16/h3-7,21H,1-2H3. The van der Waals surface area contributed by atoms with Crippen molar-refractivity contribution >= 4 is 27.3 Å². The number of halogens is 5. The van der Waals surface area contributed by atoms with Gasteiger partial charge >= 0.3 is 6.18 Å². The number of benzene rings is 2. The van der Waals surface area contributed by atoms with Crippen LogP contribution in [0.25, 0.3) is 0 Å². The first-order chi connectivity index (χ1) is 12.0. The summed E-state index contributed by atoms with van der Waals surface area (Å²) in [6.07, 6.45) is -4.77. The third kappa shape index (κ3) is 4.13. The average Bonchev–Trinajstić information content (AvgIpc) is 2.55. The van der Waals surface area contributed by atoms with Crippen LogP contribution < -0.4 is 14.2 Å². The molecule has 0 saturated carbocycles. The fraction of sp³-hybridized carbons (Fsp3) is 0.200. The Bertz CT molecular complexity index is 932. The summed E-state index contributed by atoms with van der Waals surface area (Å²) in [4.78, 5) is -0.844. The number of anilines is 1. The highest BCUT2D eigenvalue weighted by Gasteiger charge is 2.33. The van der Waals surface area contributed by atoms with Gasteiger partial charge in [0.15, 0.2) is 17.3 Å². The van der Waals surface area contributed by atoms with E-state index >= 15 is 0 Å². The van der Waals surface area contributed by atoms with E-state index in [9.17, 15) is 26.0 Å². The minimum Gasteiger partial charge on any atom is -0.493 e. The smallest absolute Gasteiger partial charge is 0.416 e. The SMILES string of the molecule is COc1cc(F)c(NS(=O)(=O)c2cc(C(F)(F)F)ccc2Cl)cc1OC. The Morgan fingerprint density at radius 2 is 1.62 bits per heavy atom. The fourth-order valence-electron chi connectivity index (χ4n) is 2.02. The van der Waals surface area contributed by atoms with Crippen molar-refractivity contribution < 1.29 is 35.5 Å². The van der Waals surface area contributed by atoms with Gasteiger partial charge in [0.2, 0.25) is 0 Å². The molecule has 0 bridgehead atoms. The third-order valence-electron chi connectivity index (χ3n) is 3.27. The lowest BCUT2D eigenvalue weighted by molar-refractivity contribution is -0.137. The van der Waals surface area contributed by atoms with E-state index in [0.717, 1.165) is 18.2 Å². The van der Waals surface area contributed by atoms with Crippen molar-refractivity contribution in [1.82, 2.24) is 0 Å². The molecule has 26 heavy (non-hydrogen) atoms. The second kappa shape index (κ2) is 7.20. The topological polar surface area (TPSA) is 64.6 Å². The number of hydrogen-bond donors (Lipinski definition) is 1. The second-order valence-corrected chi connectivity index (χ2v) is 6.99. The van der Waals surface area contributed by atoms with Crippen molar-refractivity contribution in [1.29, 1.82) is 0 Å². The van der Waals surface area contributed by atoms with E-state index in [1.54, 1.807) is 0 Å². The van der Waals surface area contributed by atoms with Crippen LogP contribution in [-0.4, -0.2) is 22.6 Å². The molecule has 2 aromatic rings. The second-order valence-electron chi connectivity index (χ2n) is 4.94. The summed E-state index contributed by atoms with van der Waals surface area (Å²) in [5, 5.41) is -0.452. The highest BCUT2D eigenvalue weighted by molar-refractivity contribution is 7.92. The van der Waals surface area contributed by atoms with Crippen molar-refractivity contribution in [2.24, 2.45) is 0 Å². The summed E-state index contributed by atoms with van der Waals surface area (Å²) in [5.41, 5.74) is -1.76. The van der Waals surface area contributed by atoms with Crippen LogP contribution in [0.15, 0.2) is 35.2 Å². The molecule has 0 saturated heterocycles. The molecule has 5 nitrogen and oxygen atoms in total. The largest absolute Gasteiger partial charge is 0.493 e. The van der Waals surface area contributed by atoms with Gasteiger partial charge in [0, 0.05) is 12.1 Å². The van der Waals surface area contributed by atoms with Crippen LogP contribution in [0.2, 0.25) is 5.02 Å². The Morgan fingerprint density at radius 1 is 1.04 bits per heavy atom. The number of hydrogen-bond acceptors (Lipinski definition) is 4. The van der Waals surface area contributed by atoms with E-state index < -0.39 is 43.2 Å². The quantitative estimate of drug-likeness (QED) is 0.742. The van der Waals surface area contributed by atoms with Gasteiger partial charge in [-0.2, -0.15) is 13.2 Å². The Morgan fingerprint density at radius 3 is 2.15 bits per heavy atom. The molecule has 0 amide bonds. The molecule has 2 rings (SSSR count). The van der Waals surface area contributed by atoms with Gasteiger partial charge in [0.1, 0.15) is 4.90 Å². The minimum atomic E-state index is -4.77. The van der Waals surface area contributed by atoms with Crippen LogP contribution >= 0.6 is 11.6 Å². The van der Waals surface area contributed by atoms with Gasteiger partial charge < -0.3 is 9.47 Å². The Kier molecular flexibility index (Phi) is 5.57. The maximum Gasteiger partial charge on any atom is 0.416 e. The molecular weight excluding hydrogens is 402 g/mol. The zero-order valence-electron chi connectivity index (χ0n) is 13.3. The summed E-state index contributed by atoms with van der Waals surface area (Å²) in [6, 6.07) is 3.66. The van der Waals surface area contributed by atoms with Gasteiger partial charge in [-0.15, -0.1) is 0 Å². The first-order valence-corrected chi connectivity index (χ1v) is 8.67. The van der Waals surface area contributed by atoms with Gasteiger partial charge in [0.25, 0.3) is 10.0 Å². The molecule has 0 atom stereocenters. The number of sulfonamides is 1. The first-order valence-electron chi connectivity index (χ1n) is 6.80. The van der Waals surface area contributed by atoms with Crippen LogP contribution in [0.5, 0.6) is 11.5 Å². The predicted octanol–water partition coefficient (Wildman–Crippen LogP) is 4.32. The van der Waals surface area contributed by atoms with E-state index in [-0.39, 0.29) is 11.5 Å². The lowest BCUT2D eigenvalue weighted by atomic mass is 10.2. The lowest BCUT2D eigenvalue weighted by Gasteiger charge is -2.15. The third-order valence-corrected chi connectivity index (χ3v) is 5.11. The Balaban J connectivity index is 2.50. The molecule has 1 N–H and O–H groups in total. The molecule has 0 fully saturated rings. The van der Waals surface area contributed by atoms with E-state index in [1.807, 2.05) is 4.72 Å². The maximum atomic E-state index is 14.1. The van der Waals surface area contributed by atoms with Crippen molar-refractivity contribution in [3.05, 3.63) is 46.7 Å². The summed E-state index contributed by atoms with van der Waals surface area (Å²) >= 11 is 5.72. The van der Waals surface area contributed by atoms with Crippen molar-refractivity contribution in [2.75, 3.05) is 18.9 Å². The molecule has 0 radical (unpaired) electrons. The molecule has 0 aromatic heterocycles. The fourth-order valence-corrected chi connectivity index (χ4v) is 3.60. The van der Waals surface area contributed by atoms with Crippen LogP contribution in [0.3, 0.4) is 0 Å². The van der Waals surface area contributed by atoms with Gasteiger partial charge in [-0.05, 0) is 18.2 Å². The van der Waals surface area contributed by atoms with Crippen LogP contribution in [-0.2, 0) is 16.2 Å². The molecule has 2 aromatic carbocycles. The number of nitrogens with one attached hydrogen (secondary N) is 1. The molecular formula is C15H12ClF4NO4S. The molecule has 0 unspecified atom stereocenters. The van der Waals surface area contributed by atoms with E-state index in [1.165, 1.54) is 14.2 Å². The summed E-state index contributed by atoms with van der Waals surface area (Å²) in [6.45, 7) is 0. The van der Waals surface area contributed by atoms with Gasteiger partial charge in [0.05, 0.1) is 30.5 Å². The molecule has 142 valence electrons. The van der Waals surface area contributed by atoms with Crippen molar-refractivity contribution in [2.45, 2.75) is 11.1 Å².